The number of hydrogen-bond acceptors (Lipinski definition) is 5. The van der Waals surface area contributed by atoms with Crippen LogP contribution >= 0.6 is 23.2 Å². The molecule has 1 fully saturated rings. The monoisotopic (exact) mass is 609 g/mol. The largest absolute Gasteiger partial charge is 0.489 e. The number of ketones is 1. The zero-order valence-corrected chi connectivity index (χ0v) is 25.1. The van der Waals surface area contributed by atoms with Gasteiger partial charge in [0.15, 0.2) is 5.78 Å². The molecule has 0 amide bonds. The number of fused-ring (bicyclic) bond motifs is 1. The van der Waals surface area contributed by atoms with Crippen LogP contribution in [0, 0.1) is 0 Å². The van der Waals surface area contributed by atoms with Crippen LogP contribution in [0.15, 0.2) is 60.7 Å². The minimum absolute atomic E-state index is 0.0812. The number of esters is 1. The lowest BCUT2D eigenvalue weighted by Gasteiger charge is -2.19. The van der Waals surface area contributed by atoms with Gasteiger partial charge in [0.1, 0.15) is 18.3 Å². The highest BCUT2D eigenvalue weighted by atomic mass is 35.5. The molecule has 5 nitrogen and oxygen atoms in total. The molecular weight excluding hydrogens is 576 g/mol. The van der Waals surface area contributed by atoms with Crippen LogP contribution in [0.1, 0.15) is 64.7 Å². The van der Waals surface area contributed by atoms with Gasteiger partial charge in [-0.15, -0.1) is 0 Å². The summed E-state index contributed by atoms with van der Waals surface area (Å²) in [5.74, 6) is -0.0278. The standard InChI is InChI=1S/C34H34Cl2FNO4/c1-41-33(40)20-32(39)24-8-12-28-23(18-24)4-2-5-30(29-13-9-25(35)19-31(29)36)34(28)22-6-10-26(11-7-22)42-27-14-17-38(21-27)16-3-15-37/h6-13,18-19,27H,2-5,14-17,20-21H2,1H3/t27-/m0/s1. The number of methoxy groups -OCH3 is 1. The molecule has 0 radical (unpaired) electrons. The Morgan fingerprint density at radius 2 is 1.79 bits per heavy atom. The highest BCUT2D eigenvalue weighted by Gasteiger charge is 2.25. The van der Waals surface area contributed by atoms with Gasteiger partial charge in [0.2, 0.25) is 0 Å². The van der Waals surface area contributed by atoms with Crippen molar-refractivity contribution in [1.29, 1.82) is 0 Å². The van der Waals surface area contributed by atoms with Crippen LogP contribution in [0.4, 0.5) is 4.39 Å². The van der Waals surface area contributed by atoms with E-state index in [0.29, 0.717) is 22.0 Å². The lowest BCUT2D eigenvalue weighted by Crippen LogP contribution is -2.26. The molecule has 0 N–H and O–H groups in total. The molecule has 0 spiro atoms. The summed E-state index contributed by atoms with van der Waals surface area (Å²) in [4.78, 5) is 26.8. The van der Waals surface area contributed by atoms with E-state index in [0.717, 1.165) is 84.5 Å². The smallest absolute Gasteiger partial charge is 0.313 e. The minimum Gasteiger partial charge on any atom is -0.489 e. The molecule has 3 aromatic carbocycles. The number of aryl methyl sites for hydroxylation is 1. The Bertz CT molecular complexity index is 1490. The van der Waals surface area contributed by atoms with Crippen molar-refractivity contribution in [2.75, 3.05) is 33.4 Å². The summed E-state index contributed by atoms with van der Waals surface area (Å²) in [5, 5.41) is 1.16. The van der Waals surface area contributed by atoms with Crippen molar-refractivity contribution in [3.05, 3.63) is 98.5 Å². The fourth-order valence-corrected chi connectivity index (χ4v) is 6.39. The lowest BCUT2D eigenvalue weighted by molar-refractivity contribution is -0.139. The average molecular weight is 611 g/mol. The summed E-state index contributed by atoms with van der Waals surface area (Å²) in [7, 11) is 1.28. The predicted octanol–water partition coefficient (Wildman–Crippen LogP) is 7.85. The van der Waals surface area contributed by atoms with Crippen molar-refractivity contribution in [2.24, 2.45) is 0 Å². The first kappa shape index (κ1) is 30.3. The van der Waals surface area contributed by atoms with Crippen LogP contribution in [-0.4, -0.2) is 56.2 Å². The fraction of sp³-hybridized carbons (Fsp3) is 0.353. The molecule has 1 aliphatic carbocycles. The second kappa shape index (κ2) is 13.9. The number of likely N-dealkylation sites (tertiary alicyclic amines) is 1. The van der Waals surface area contributed by atoms with Crippen LogP contribution in [0.3, 0.4) is 0 Å². The third-order valence-corrected chi connectivity index (χ3v) is 8.49. The second-order valence-corrected chi connectivity index (χ2v) is 11.6. The van der Waals surface area contributed by atoms with Gasteiger partial charge in [-0.1, -0.05) is 53.5 Å². The van der Waals surface area contributed by atoms with Crippen molar-refractivity contribution in [2.45, 2.75) is 44.6 Å². The number of carbonyl (C=O) groups excluding carboxylic acids is 2. The summed E-state index contributed by atoms with van der Waals surface area (Å²) < 4.78 is 23.6. The van der Waals surface area contributed by atoms with E-state index < -0.39 is 5.97 Å². The number of hydrogen-bond donors (Lipinski definition) is 0. The molecule has 0 bridgehead atoms. The summed E-state index contributed by atoms with van der Waals surface area (Å²) >= 11 is 13.0. The van der Waals surface area contributed by atoms with Gasteiger partial charge in [0.05, 0.1) is 13.8 Å². The van der Waals surface area contributed by atoms with E-state index in [1.165, 1.54) is 7.11 Å². The highest BCUT2D eigenvalue weighted by Crippen LogP contribution is 2.43. The van der Waals surface area contributed by atoms with Gasteiger partial charge in [0.25, 0.3) is 0 Å². The van der Waals surface area contributed by atoms with Gasteiger partial charge >= 0.3 is 5.97 Å². The van der Waals surface area contributed by atoms with Crippen LogP contribution in [0.5, 0.6) is 5.75 Å². The van der Waals surface area contributed by atoms with E-state index in [-0.39, 0.29) is 25.0 Å². The van der Waals surface area contributed by atoms with Crippen molar-refractivity contribution in [3.63, 3.8) is 0 Å². The van der Waals surface area contributed by atoms with E-state index in [1.54, 1.807) is 12.1 Å². The zero-order chi connectivity index (χ0) is 29.6. The van der Waals surface area contributed by atoms with Gasteiger partial charge in [-0.25, -0.2) is 0 Å². The molecule has 0 unspecified atom stereocenters. The average Bonchev–Trinajstić information content (AvgIpc) is 3.34. The summed E-state index contributed by atoms with van der Waals surface area (Å²) in [6, 6.07) is 19.3. The van der Waals surface area contributed by atoms with E-state index in [9.17, 15) is 14.0 Å². The first-order chi connectivity index (χ1) is 20.4. The topological polar surface area (TPSA) is 55.8 Å². The summed E-state index contributed by atoms with van der Waals surface area (Å²) in [6.45, 7) is 2.18. The Kier molecular flexibility index (Phi) is 9.99. The molecule has 1 aliphatic heterocycles. The fourth-order valence-electron chi connectivity index (χ4n) is 5.87. The van der Waals surface area contributed by atoms with Crippen LogP contribution in [-0.2, 0) is 16.0 Å². The van der Waals surface area contributed by atoms with Crippen LogP contribution < -0.4 is 4.74 Å². The van der Waals surface area contributed by atoms with E-state index in [2.05, 4.69) is 21.8 Å². The molecule has 42 heavy (non-hydrogen) atoms. The number of carbonyl (C=O) groups is 2. The van der Waals surface area contributed by atoms with E-state index in [1.807, 2.05) is 36.4 Å². The van der Waals surface area contributed by atoms with Crippen molar-refractivity contribution >= 4 is 46.1 Å². The number of Topliss-reactive ketones (excluding diaryl/α,β-unsaturated/α-hetero) is 1. The Morgan fingerprint density at radius 3 is 2.52 bits per heavy atom. The van der Waals surface area contributed by atoms with Crippen molar-refractivity contribution in [1.82, 2.24) is 4.90 Å². The molecule has 1 atom stereocenters. The maximum Gasteiger partial charge on any atom is 0.313 e. The first-order valence-electron chi connectivity index (χ1n) is 14.3. The van der Waals surface area contributed by atoms with Crippen molar-refractivity contribution < 1.29 is 23.5 Å². The SMILES string of the molecule is COC(=O)CC(=O)c1ccc2c(c1)CCCC(c1ccc(Cl)cc1Cl)=C2c1ccc(O[C@H]2CCN(CCCF)C2)cc1. The second-order valence-electron chi connectivity index (χ2n) is 10.8. The normalized spacial score (nSPS) is 17.1. The third kappa shape index (κ3) is 7.05. The molecule has 5 rings (SSSR count). The van der Waals surface area contributed by atoms with Crippen LogP contribution in [0.25, 0.3) is 11.1 Å². The quantitative estimate of drug-likeness (QED) is 0.133. The Balaban J connectivity index is 1.50. The Morgan fingerprint density at radius 1 is 1.00 bits per heavy atom. The van der Waals surface area contributed by atoms with Gasteiger partial charge in [-0.2, -0.15) is 0 Å². The molecule has 3 aromatic rings. The molecule has 0 saturated carbocycles. The molecule has 1 heterocycles. The molecule has 220 valence electrons. The number of nitrogens with zero attached hydrogens (tertiary/aromatic N) is 1. The third-order valence-electron chi connectivity index (χ3n) is 7.94. The van der Waals surface area contributed by atoms with E-state index >= 15 is 0 Å². The van der Waals surface area contributed by atoms with Crippen molar-refractivity contribution in [3.8, 4) is 5.75 Å². The predicted molar refractivity (Wildman–Crippen MR) is 165 cm³/mol. The number of alkyl halides is 1. The molecule has 2 aliphatic rings. The summed E-state index contributed by atoms with van der Waals surface area (Å²) in [5.41, 5.74) is 6.65. The van der Waals surface area contributed by atoms with Gasteiger partial charge in [-0.3, -0.25) is 18.9 Å². The minimum atomic E-state index is -0.553. The van der Waals surface area contributed by atoms with E-state index in [4.69, 9.17) is 27.9 Å². The Hall–Kier alpha value is -3.19. The number of ether oxygens (including phenoxy) is 2. The van der Waals surface area contributed by atoms with Gasteiger partial charge in [-0.05, 0) is 95.8 Å². The molecule has 0 aromatic heterocycles. The molecular formula is C34H34Cl2FNO4. The molecule has 1 saturated heterocycles. The van der Waals surface area contributed by atoms with Gasteiger partial charge in [0, 0.05) is 35.2 Å². The molecule has 8 heteroatoms. The highest BCUT2D eigenvalue weighted by molar-refractivity contribution is 6.36. The van der Waals surface area contributed by atoms with Crippen LogP contribution in [0.2, 0.25) is 10.0 Å². The number of benzene rings is 3. The lowest BCUT2D eigenvalue weighted by atomic mass is 9.87. The summed E-state index contributed by atoms with van der Waals surface area (Å²) in [6.07, 6.45) is 3.68. The first-order valence-corrected chi connectivity index (χ1v) is 15.1. The Labute approximate surface area is 256 Å². The number of rotatable bonds is 10. The zero-order valence-electron chi connectivity index (χ0n) is 23.6. The van der Waals surface area contributed by atoms with Gasteiger partial charge < -0.3 is 9.47 Å². The number of halogens is 3. The maximum absolute atomic E-state index is 12.8. The maximum atomic E-state index is 12.8. The number of allylic oxidation sites excluding steroid dienone is 1.